The maximum Gasteiger partial charge on any atom is 0.228 e. The molecule has 7 heteroatoms. The number of carbonyl (C=O) groups excluding carboxylic acids is 1. The van der Waals surface area contributed by atoms with Gasteiger partial charge in [-0.25, -0.2) is 9.37 Å². The van der Waals surface area contributed by atoms with Gasteiger partial charge in [0.2, 0.25) is 5.91 Å². The van der Waals surface area contributed by atoms with Crippen molar-refractivity contribution in [2.24, 2.45) is 5.92 Å². The number of anilines is 1. The monoisotopic (exact) mass is 425 g/mol. The Morgan fingerprint density at radius 2 is 2.10 bits per heavy atom. The Morgan fingerprint density at radius 3 is 2.80 bits per heavy atom. The van der Waals surface area contributed by atoms with Gasteiger partial charge in [0, 0.05) is 36.3 Å². The van der Waals surface area contributed by atoms with Crippen LogP contribution in [0.15, 0.2) is 53.9 Å². The molecule has 4 rings (SSSR count). The third kappa shape index (κ3) is 4.68. The second kappa shape index (κ2) is 8.93. The van der Waals surface area contributed by atoms with Crippen LogP contribution in [0.25, 0.3) is 0 Å². The van der Waals surface area contributed by atoms with Crippen LogP contribution >= 0.6 is 11.3 Å². The second-order valence-electron chi connectivity index (χ2n) is 7.51. The maximum atomic E-state index is 13.4. The largest absolute Gasteiger partial charge is 0.497 e. The van der Waals surface area contributed by atoms with Crippen molar-refractivity contribution < 1.29 is 13.9 Å². The second-order valence-corrected chi connectivity index (χ2v) is 8.57. The van der Waals surface area contributed by atoms with Crippen molar-refractivity contribution in [2.45, 2.75) is 25.9 Å². The lowest BCUT2D eigenvalue weighted by molar-refractivity contribution is -0.119. The Bertz CT molecular complexity index is 1020. The Hall–Kier alpha value is -2.77. The molecule has 1 amide bonds. The number of nitrogens with one attached hydrogen (secondary N) is 1. The zero-order chi connectivity index (χ0) is 21.1. The number of hydrogen-bond donors (Lipinski definition) is 1. The van der Waals surface area contributed by atoms with Gasteiger partial charge in [0.15, 0.2) is 0 Å². The smallest absolute Gasteiger partial charge is 0.228 e. The highest BCUT2D eigenvalue weighted by molar-refractivity contribution is 7.09. The van der Waals surface area contributed by atoms with Crippen molar-refractivity contribution in [3.63, 3.8) is 0 Å². The normalized spacial score (nSPS) is 19.0. The number of likely N-dealkylation sites (tertiary alicyclic amines) is 1. The van der Waals surface area contributed by atoms with E-state index in [9.17, 15) is 9.18 Å². The Balaban J connectivity index is 1.52. The van der Waals surface area contributed by atoms with Crippen molar-refractivity contribution in [1.82, 2.24) is 9.88 Å². The number of methoxy groups -OCH3 is 1. The van der Waals surface area contributed by atoms with Gasteiger partial charge < -0.3 is 10.1 Å². The van der Waals surface area contributed by atoms with Crippen LogP contribution in [0.3, 0.4) is 0 Å². The Morgan fingerprint density at radius 1 is 1.30 bits per heavy atom. The minimum atomic E-state index is -0.259. The molecule has 0 bridgehead atoms. The Kier molecular flexibility index (Phi) is 6.11. The van der Waals surface area contributed by atoms with Crippen LogP contribution in [0.2, 0.25) is 0 Å². The number of rotatable bonds is 6. The summed E-state index contributed by atoms with van der Waals surface area (Å²) < 4.78 is 18.7. The molecule has 1 N–H and O–H groups in total. The number of halogens is 1. The molecule has 1 saturated heterocycles. The molecule has 0 saturated carbocycles. The number of aryl methyl sites for hydroxylation is 1. The number of nitrogens with zero attached hydrogens (tertiary/aromatic N) is 2. The predicted octanol–water partition coefficient (Wildman–Crippen LogP) is 4.80. The van der Waals surface area contributed by atoms with Gasteiger partial charge in [-0.05, 0) is 43.2 Å². The zero-order valence-electron chi connectivity index (χ0n) is 17.0. The molecule has 3 aromatic rings. The predicted molar refractivity (Wildman–Crippen MR) is 116 cm³/mol. The maximum absolute atomic E-state index is 13.4. The van der Waals surface area contributed by atoms with Gasteiger partial charge >= 0.3 is 0 Å². The lowest BCUT2D eigenvalue weighted by Crippen LogP contribution is -2.27. The van der Waals surface area contributed by atoms with Crippen molar-refractivity contribution in [1.29, 1.82) is 0 Å². The van der Waals surface area contributed by atoms with E-state index in [0.717, 1.165) is 16.3 Å². The van der Waals surface area contributed by atoms with E-state index in [0.29, 0.717) is 30.9 Å². The average molecular weight is 426 g/mol. The fourth-order valence-corrected chi connectivity index (χ4v) is 4.54. The molecule has 5 nitrogen and oxygen atoms in total. The Labute approximate surface area is 179 Å². The lowest BCUT2D eigenvalue weighted by Gasteiger charge is -2.23. The van der Waals surface area contributed by atoms with Crippen LogP contribution in [0.1, 0.15) is 28.7 Å². The molecule has 1 aliphatic heterocycles. The van der Waals surface area contributed by atoms with Gasteiger partial charge in [-0.2, -0.15) is 0 Å². The first-order chi connectivity index (χ1) is 14.5. The van der Waals surface area contributed by atoms with Gasteiger partial charge in [-0.15, -0.1) is 11.3 Å². The van der Waals surface area contributed by atoms with Crippen LogP contribution in [0.5, 0.6) is 5.75 Å². The molecule has 30 heavy (non-hydrogen) atoms. The minimum absolute atomic E-state index is 0.0210. The molecule has 2 heterocycles. The molecule has 1 fully saturated rings. The number of amides is 1. The summed E-state index contributed by atoms with van der Waals surface area (Å²) >= 11 is 1.62. The molecular weight excluding hydrogens is 401 g/mol. The topological polar surface area (TPSA) is 54.5 Å². The van der Waals surface area contributed by atoms with Crippen molar-refractivity contribution in [3.05, 3.63) is 76.0 Å². The van der Waals surface area contributed by atoms with Gasteiger partial charge in [-0.1, -0.05) is 18.2 Å². The third-order valence-corrected chi connectivity index (χ3v) is 6.22. The first kappa shape index (κ1) is 20.5. The molecule has 0 aliphatic carbocycles. The lowest BCUT2D eigenvalue weighted by atomic mass is 9.99. The van der Waals surface area contributed by atoms with Crippen LogP contribution in [-0.4, -0.2) is 29.4 Å². The summed E-state index contributed by atoms with van der Waals surface area (Å²) in [6.07, 6.45) is 0.671. The van der Waals surface area contributed by atoms with Crippen molar-refractivity contribution in [3.8, 4) is 5.75 Å². The summed E-state index contributed by atoms with van der Waals surface area (Å²) in [7, 11) is 1.60. The van der Waals surface area contributed by atoms with Gasteiger partial charge in [0.25, 0.3) is 0 Å². The van der Waals surface area contributed by atoms with Crippen LogP contribution in [0, 0.1) is 18.7 Å². The highest BCUT2D eigenvalue weighted by Gasteiger charge is 2.37. The first-order valence-electron chi connectivity index (χ1n) is 9.87. The number of aromatic nitrogens is 1. The van der Waals surface area contributed by atoms with E-state index < -0.39 is 0 Å². The van der Waals surface area contributed by atoms with E-state index in [4.69, 9.17) is 4.74 Å². The molecule has 1 aliphatic rings. The molecule has 0 spiro atoms. The molecule has 0 radical (unpaired) electrons. The van der Waals surface area contributed by atoms with Crippen molar-refractivity contribution in [2.75, 3.05) is 19.0 Å². The molecular formula is C23H24FN3O2S. The fraction of sp³-hybridized carbons (Fsp3) is 0.304. The van der Waals surface area contributed by atoms with Crippen LogP contribution in [0.4, 0.5) is 10.1 Å². The van der Waals surface area contributed by atoms with E-state index >= 15 is 0 Å². The highest BCUT2D eigenvalue weighted by atomic mass is 32.1. The summed E-state index contributed by atoms with van der Waals surface area (Å²) in [4.78, 5) is 19.8. The van der Waals surface area contributed by atoms with E-state index in [-0.39, 0.29) is 23.7 Å². The van der Waals surface area contributed by atoms with Gasteiger partial charge in [0.1, 0.15) is 11.6 Å². The van der Waals surface area contributed by atoms with Crippen molar-refractivity contribution >= 4 is 22.9 Å². The fourth-order valence-electron chi connectivity index (χ4n) is 3.93. The highest BCUT2D eigenvalue weighted by Crippen LogP contribution is 2.37. The summed E-state index contributed by atoms with van der Waals surface area (Å²) in [5.74, 6) is 0.244. The summed E-state index contributed by atoms with van der Waals surface area (Å²) in [5, 5.41) is 6.09. The van der Waals surface area contributed by atoms with E-state index in [1.807, 2.05) is 37.3 Å². The molecule has 156 valence electrons. The zero-order valence-corrected chi connectivity index (χ0v) is 17.8. The number of hydrogen-bond acceptors (Lipinski definition) is 5. The number of benzene rings is 2. The van der Waals surface area contributed by atoms with Crippen LogP contribution < -0.4 is 10.1 Å². The van der Waals surface area contributed by atoms with Crippen LogP contribution in [-0.2, 0) is 11.3 Å². The first-order valence-corrected chi connectivity index (χ1v) is 10.7. The molecule has 2 aromatic carbocycles. The average Bonchev–Trinajstić information content (AvgIpc) is 3.35. The number of carbonyl (C=O) groups is 1. The molecule has 1 aromatic heterocycles. The molecule has 2 atom stereocenters. The SMILES string of the molecule is COc1cccc(NC(=O)[C@@H]2C[C@H](c3ccc(F)cc3)N(Cc3csc(C)n3)C2)c1. The number of thiazole rings is 1. The summed E-state index contributed by atoms with van der Waals surface area (Å²) in [6, 6.07) is 13.9. The minimum Gasteiger partial charge on any atom is -0.497 e. The van der Waals surface area contributed by atoms with E-state index in [2.05, 4.69) is 20.6 Å². The standard InChI is InChI=1S/C23H24FN3O2S/c1-15-25-20(14-30-15)13-27-12-17(10-22(27)16-6-8-18(24)9-7-16)23(28)26-19-4-3-5-21(11-19)29-2/h3-9,11,14,17,22H,10,12-13H2,1-2H3,(H,26,28)/t17-,22-/m1/s1. The summed E-state index contributed by atoms with van der Waals surface area (Å²) in [5.41, 5.74) is 2.73. The molecule has 0 unspecified atom stereocenters. The third-order valence-electron chi connectivity index (χ3n) is 5.40. The quantitative estimate of drug-likeness (QED) is 0.616. The van der Waals surface area contributed by atoms with Gasteiger partial charge in [-0.3, -0.25) is 9.69 Å². The van der Waals surface area contributed by atoms with E-state index in [1.165, 1.54) is 12.1 Å². The van der Waals surface area contributed by atoms with E-state index in [1.54, 1.807) is 24.5 Å². The summed E-state index contributed by atoms with van der Waals surface area (Å²) in [6.45, 7) is 3.27. The van der Waals surface area contributed by atoms with Gasteiger partial charge in [0.05, 0.1) is 23.7 Å². The number of ether oxygens (including phenoxy) is 1.